The Bertz CT molecular complexity index is 747. The molecule has 0 aliphatic carbocycles. The van der Waals surface area contributed by atoms with Gasteiger partial charge in [0.25, 0.3) is 0 Å². The van der Waals surface area contributed by atoms with Crippen LogP contribution in [0.15, 0.2) is 23.4 Å². The normalized spacial score (nSPS) is 14.5. The summed E-state index contributed by atoms with van der Waals surface area (Å²) in [4.78, 5) is 25.7. The van der Waals surface area contributed by atoms with Crippen LogP contribution >= 0.6 is 23.2 Å². The number of hydrogen-bond acceptors (Lipinski definition) is 7. The van der Waals surface area contributed by atoms with Crippen molar-refractivity contribution in [3.8, 4) is 5.75 Å². The highest BCUT2D eigenvalue weighted by molar-refractivity contribution is 6.36. The summed E-state index contributed by atoms with van der Waals surface area (Å²) < 4.78 is 20.5. The first-order valence-electron chi connectivity index (χ1n) is 7.70. The molecule has 0 aromatic heterocycles. The summed E-state index contributed by atoms with van der Waals surface area (Å²) in [5, 5.41) is 0.564. The Morgan fingerprint density at radius 3 is 2.35 bits per heavy atom. The molecule has 9 heteroatoms. The second kappa shape index (κ2) is 8.62. The van der Waals surface area contributed by atoms with Crippen LogP contribution in [-0.4, -0.2) is 45.6 Å². The summed E-state index contributed by atoms with van der Waals surface area (Å²) in [5.74, 6) is -1.01. The van der Waals surface area contributed by atoms with E-state index in [0.29, 0.717) is 16.5 Å². The van der Waals surface area contributed by atoms with Crippen LogP contribution in [0, 0.1) is 0 Å². The molecule has 26 heavy (non-hydrogen) atoms. The van der Waals surface area contributed by atoms with E-state index in [1.807, 2.05) is 13.8 Å². The molecule has 1 heterocycles. The summed E-state index contributed by atoms with van der Waals surface area (Å²) in [5.41, 5.74) is 0.385. The summed E-state index contributed by atoms with van der Waals surface area (Å²) in [6.45, 7) is 3.60. The van der Waals surface area contributed by atoms with E-state index in [4.69, 9.17) is 42.1 Å². The quantitative estimate of drug-likeness (QED) is 0.698. The van der Waals surface area contributed by atoms with Gasteiger partial charge in [0, 0.05) is 6.07 Å². The molecule has 1 aliphatic rings. The SMILES string of the molecule is COC(=O)C1=C(C(=O)OC)N(c2cc(Cl)c(OC(C)C)cc2Cl)COC1. The third kappa shape index (κ3) is 4.23. The highest BCUT2D eigenvalue weighted by Gasteiger charge is 2.33. The number of carbonyl (C=O) groups excluding carboxylic acids is 2. The second-order valence-electron chi connectivity index (χ2n) is 5.62. The maximum Gasteiger partial charge on any atom is 0.355 e. The van der Waals surface area contributed by atoms with E-state index in [9.17, 15) is 9.59 Å². The number of esters is 2. The first kappa shape index (κ1) is 20.4. The monoisotopic (exact) mass is 403 g/mol. The Morgan fingerprint density at radius 1 is 1.12 bits per heavy atom. The average Bonchev–Trinajstić information content (AvgIpc) is 2.62. The topological polar surface area (TPSA) is 74.3 Å². The van der Waals surface area contributed by atoms with Gasteiger partial charge in [0.2, 0.25) is 0 Å². The molecule has 1 aromatic rings. The van der Waals surface area contributed by atoms with Crippen LogP contribution in [0.25, 0.3) is 0 Å². The van der Waals surface area contributed by atoms with Crippen molar-refractivity contribution in [2.24, 2.45) is 0 Å². The smallest absolute Gasteiger partial charge is 0.355 e. The number of carbonyl (C=O) groups is 2. The minimum absolute atomic E-state index is 0.0129. The van der Waals surface area contributed by atoms with Crippen molar-refractivity contribution in [2.45, 2.75) is 20.0 Å². The Balaban J connectivity index is 2.56. The highest BCUT2D eigenvalue weighted by Crippen LogP contribution is 2.39. The van der Waals surface area contributed by atoms with Crippen LogP contribution in [0.5, 0.6) is 5.75 Å². The first-order valence-corrected chi connectivity index (χ1v) is 8.46. The number of rotatable bonds is 5. The Labute approximate surface area is 161 Å². The fourth-order valence-electron chi connectivity index (χ4n) is 2.40. The van der Waals surface area contributed by atoms with E-state index in [1.165, 1.54) is 25.2 Å². The molecule has 2 rings (SSSR count). The maximum atomic E-state index is 12.3. The molecule has 0 unspecified atom stereocenters. The van der Waals surface area contributed by atoms with Crippen LogP contribution in [0.4, 0.5) is 5.69 Å². The molecule has 7 nitrogen and oxygen atoms in total. The third-order valence-electron chi connectivity index (χ3n) is 3.49. The highest BCUT2D eigenvalue weighted by atomic mass is 35.5. The second-order valence-corrected chi connectivity index (χ2v) is 6.43. The van der Waals surface area contributed by atoms with Crippen molar-refractivity contribution in [3.63, 3.8) is 0 Å². The van der Waals surface area contributed by atoms with Gasteiger partial charge in [-0.2, -0.15) is 0 Å². The first-order chi connectivity index (χ1) is 12.3. The van der Waals surface area contributed by atoms with Crippen molar-refractivity contribution >= 4 is 40.8 Å². The molecule has 0 saturated heterocycles. The van der Waals surface area contributed by atoms with Gasteiger partial charge in [-0.3, -0.25) is 0 Å². The molecule has 0 atom stereocenters. The standard InChI is InChI=1S/C17H19Cl2NO6/c1-9(2)26-14-6-11(18)13(5-12(14)19)20-8-25-7-10(16(21)23-3)15(20)17(22)24-4/h5-6,9H,7-8H2,1-4H3. The minimum Gasteiger partial charge on any atom is -0.489 e. The minimum atomic E-state index is -0.719. The molecule has 0 saturated carbocycles. The third-order valence-corrected chi connectivity index (χ3v) is 4.09. The molecule has 1 aromatic carbocycles. The summed E-state index contributed by atoms with van der Waals surface area (Å²) in [7, 11) is 2.43. The Kier molecular flexibility index (Phi) is 6.75. The number of benzene rings is 1. The van der Waals surface area contributed by atoms with Gasteiger partial charge >= 0.3 is 11.9 Å². The fourth-order valence-corrected chi connectivity index (χ4v) is 2.86. The molecule has 1 aliphatic heterocycles. The van der Waals surface area contributed by atoms with Gasteiger partial charge in [-0.1, -0.05) is 23.2 Å². The van der Waals surface area contributed by atoms with Crippen molar-refractivity contribution in [1.29, 1.82) is 0 Å². The van der Waals surface area contributed by atoms with Crippen molar-refractivity contribution in [2.75, 3.05) is 32.5 Å². The van der Waals surface area contributed by atoms with Crippen molar-refractivity contribution in [3.05, 3.63) is 33.4 Å². The van der Waals surface area contributed by atoms with Crippen LogP contribution in [-0.2, 0) is 23.8 Å². The van der Waals surface area contributed by atoms with Crippen LogP contribution in [0.3, 0.4) is 0 Å². The lowest BCUT2D eigenvalue weighted by Crippen LogP contribution is -2.39. The zero-order valence-electron chi connectivity index (χ0n) is 14.8. The van der Waals surface area contributed by atoms with E-state index in [1.54, 1.807) is 6.07 Å². The number of methoxy groups -OCH3 is 2. The molecule has 142 valence electrons. The van der Waals surface area contributed by atoms with Gasteiger partial charge < -0.3 is 23.8 Å². The number of nitrogens with zero attached hydrogens (tertiary/aromatic N) is 1. The summed E-state index contributed by atoms with van der Waals surface area (Å²) in [6, 6.07) is 3.08. The predicted octanol–water partition coefficient (Wildman–Crippen LogP) is 3.17. The lowest BCUT2D eigenvalue weighted by Gasteiger charge is -2.32. The van der Waals surface area contributed by atoms with E-state index < -0.39 is 11.9 Å². The lowest BCUT2D eigenvalue weighted by atomic mass is 10.1. The molecule has 0 amide bonds. The number of hydrogen-bond donors (Lipinski definition) is 0. The Morgan fingerprint density at radius 2 is 1.77 bits per heavy atom. The summed E-state index contributed by atoms with van der Waals surface area (Å²) >= 11 is 12.6. The van der Waals surface area contributed by atoms with Gasteiger partial charge in [-0.15, -0.1) is 0 Å². The van der Waals surface area contributed by atoms with Gasteiger partial charge in [0.05, 0.1) is 48.2 Å². The molecular formula is C17H19Cl2NO6. The zero-order chi connectivity index (χ0) is 19.4. The fraction of sp³-hybridized carbons (Fsp3) is 0.412. The summed E-state index contributed by atoms with van der Waals surface area (Å²) in [6.07, 6.45) is -0.0933. The number of ether oxygens (including phenoxy) is 4. The number of halogens is 2. The zero-order valence-corrected chi connectivity index (χ0v) is 16.3. The molecule has 0 bridgehead atoms. The largest absolute Gasteiger partial charge is 0.489 e. The molecule has 0 fully saturated rings. The van der Waals surface area contributed by atoms with Crippen LogP contribution < -0.4 is 9.64 Å². The predicted molar refractivity (Wildman–Crippen MR) is 96.6 cm³/mol. The van der Waals surface area contributed by atoms with Crippen LogP contribution in [0.1, 0.15) is 13.8 Å². The molecule has 0 N–H and O–H groups in total. The maximum absolute atomic E-state index is 12.3. The van der Waals surface area contributed by atoms with Crippen molar-refractivity contribution < 1.29 is 28.5 Å². The lowest BCUT2D eigenvalue weighted by molar-refractivity contribution is -0.140. The number of anilines is 1. The van der Waals surface area contributed by atoms with Gasteiger partial charge in [0.15, 0.2) is 0 Å². The van der Waals surface area contributed by atoms with Gasteiger partial charge in [0.1, 0.15) is 18.2 Å². The van der Waals surface area contributed by atoms with Crippen molar-refractivity contribution in [1.82, 2.24) is 0 Å². The van der Waals surface area contributed by atoms with Gasteiger partial charge in [-0.25, -0.2) is 9.59 Å². The Hall–Kier alpha value is -1.96. The van der Waals surface area contributed by atoms with Crippen LogP contribution in [0.2, 0.25) is 10.0 Å². The van der Waals surface area contributed by atoms with E-state index in [0.717, 1.165) is 0 Å². The average molecular weight is 404 g/mol. The van der Waals surface area contributed by atoms with Gasteiger partial charge in [-0.05, 0) is 19.9 Å². The van der Waals surface area contributed by atoms with E-state index in [2.05, 4.69) is 0 Å². The van der Waals surface area contributed by atoms with E-state index >= 15 is 0 Å². The van der Waals surface area contributed by atoms with E-state index in [-0.39, 0.29) is 35.7 Å². The molecular weight excluding hydrogens is 385 g/mol. The molecule has 0 spiro atoms. The molecule has 0 radical (unpaired) electrons.